The number of fused-ring (bicyclic) bond motifs is 1. The van der Waals surface area contributed by atoms with Crippen LogP contribution < -0.4 is 10.9 Å². The van der Waals surface area contributed by atoms with Crippen molar-refractivity contribution in [3.8, 4) is 0 Å². The number of halogens is 1. The summed E-state index contributed by atoms with van der Waals surface area (Å²) in [4.78, 5) is 30.7. The molecule has 3 N–H and O–H groups in total. The van der Waals surface area contributed by atoms with Gasteiger partial charge in [0.15, 0.2) is 4.77 Å². The van der Waals surface area contributed by atoms with E-state index in [1.165, 1.54) is 0 Å². The predicted molar refractivity (Wildman–Crippen MR) is 101 cm³/mol. The van der Waals surface area contributed by atoms with Gasteiger partial charge in [0.05, 0.1) is 12.2 Å². The number of rotatable bonds is 3. The van der Waals surface area contributed by atoms with Crippen LogP contribution in [0.25, 0.3) is 0 Å². The zero-order valence-electron chi connectivity index (χ0n) is 13.4. The molecule has 130 valence electrons. The molecule has 0 fully saturated rings. The fraction of sp³-hybridized carbons (Fsp3) is 0.235. The first-order valence-corrected chi connectivity index (χ1v) is 8.87. The molecule has 0 amide bonds. The molecular formula is C17H16BrN3O3S. The summed E-state index contributed by atoms with van der Waals surface area (Å²) in [6, 6.07) is 7.46. The molecule has 2 aromatic rings. The number of nitrogens with one attached hydrogen (secondary N) is 3. The van der Waals surface area contributed by atoms with Crippen molar-refractivity contribution in [3.05, 3.63) is 67.3 Å². The highest BCUT2D eigenvalue weighted by Gasteiger charge is 2.41. The maximum Gasteiger partial charge on any atom is 0.315 e. The summed E-state index contributed by atoms with van der Waals surface area (Å²) >= 11 is 8.44. The van der Waals surface area contributed by atoms with Gasteiger partial charge in [-0.2, -0.15) is 0 Å². The van der Waals surface area contributed by atoms with Gasteiger partial charge in [-0.25, -0.2) is 0 Å². The molecule has 0 bridgehead atoms. The molecule has 25 heavy (non-hydrogen) atoms. The van der Waals surface area contributed by atoms with Crippen LogP contribution in [0.15, 0.2) is 45.8 Å². The van der Waals surface area contributed by atoms with E-state index in [1.54, 1.807) is 6.92 Å². The molecule has 6 nitrogen and oxygen atoms in total. The highest BCUT2D eigenvalue weighted by molar-refractivity contribution is 9.10. The molecule has 8 heteroatoms. The van der Waals surface area contributed by atoms with Crippen LogP contribution in [-0.4, -0.2) is 22.5 Å². The largest absolute Gasteiger partial charge is 0.465 e. The van der Waals surface area contributed by atoms with Crippen molar-refractivity contribution in [1.82, 2.24) is 9.97 Å². The Morgan fingerprint density at radius 1 is 1.32 bits per heavy atom. The number of ether oxygens (including phenoxy) is 1. The SMILES string of the molecule is C=C1Nc2[nH]c(=S)[nH]c(=O)c2[C@H](c2ccc(Br)cc2)[C@H]1C(=O)OCC. The fourth-order valence-corrected chi connectivity index (χ4v) is 3.50. The zero-order valence-corrected chi connectivity index (χ0v) is 15.8. The Balaban J connectivity index is 2.24. The van der Waals surface area contributed by atoms with Crippen molar-refractivity contribution in [2.24, 2.45) is 5.92 Å². The van der Waals surface area contributed by atoms with Crippen LogP contribution in [0.4, 0.5) is 5.82 Å². The van der Waals surface area contributed by atoms with Crippen molar-refractivity contribution in [3.63, 3.8) is 0 Å². The Hall–Kier alpha value is -2.19. The van der Waals surface area contributed by atoms with Gasteiger partial charge in [-0.3, -0.25) is 14.6 Å². The average Bonchev–Trinajstić information content (AvgIpc) is 2.54. The van der Waals surface area contributed by atoms with E-state index in [2.05, 4.69) is 37.8 Å². The first-order chi connectivity index (χ1) is 11.9. The van der Waals surface area contributed by atoms with E-state index in [1.807, 2.05) is 24.3 Å². The van der Waals surface area contributed by atoms with Crippen molar-refractivity contribution >= 4 is 39.9 Å². The third-order valence-electron chi connectivity index (χ3n) is 4.05. The summed E-state index contributed by atoms with van der Waals surface area (Å²) in [5, 5.41) is 3.00. The number of carbonyl (C=O) groups is 1. The summed E-state index contributed by atoms with van der Waals surface area (Å²) in [7, 11) is 0. The number of anilines is 1. The Bertz CT molecular complexity index is 949. The Morgan fingerprint density at radius 2 is 2.00 bits per heavy atom. The van der Waals surface area contributed by atoms with Crippen LogP contribution in [0, 0.1) is 10.7 Å². The first-order valence-electron chi connectivity index (χ1n) is 7.66. The molecule has 0 saturated heterocycles. The number of hydrogen-bond donors (Lipinski definition) is 3. The maximum absolute atomic E-state index is 12.6. The fourth-order valence-electron chi connectivity index (χ4n) is 3.04. The van der Waals surface area contributed by atoms with Crippen molar-refractivity contribution in [1.29, 1.82) is 0 Å². The number of aromatic nitrogens is 2. The molecule has 1 aromatic carbocycles. The van der Waals surface area contributed by atoms with E-state index in [0.29, 0.717) is 17.1 Å². The van der Waals surface area contributed by atoms with Crippen LogP contribution in [0.1, 0.15) is 24.0 Å². The second kappa shape index (κ2) is 6.97. The van der Waals surface area contributed by atoms with Gasteiger partial charge in [-0.1, -0.05) is 34.6 Å². The lowest BCUT2D eigenvalue weighted by Crippen LogP contribution is -2.37. The molecule has 1 aliphatic rings. The smallest absolute Gasteiger partial charge is 0.315 e. The summed E-state index contributed by atoms with van der Waals surface area (Å²) in [5.74, 6) is -1.24. The molecular weight excluding hydrogens is 406 g/mol. The van der Waals surface area contributed by atoms with Crippen molar-refractivity contribution < 1.29 is 9.53 Å². The van der Waals surface area contributed by atoms with Gasteiger partial charge in [0.2, 0.25) is 0 Å². The van der Waals surface area contributed by atoms with Crippen LogP contribution in [0.3, 0.4) is 0 Å². The molecule has 0 aliphatic carbocycles. The number of carbonyl (C=O) groups excluding carboxylic acids is 1. The molecule has 0 spiro atoms. The molecule has 0 radical (unpaired) electrons. The van der Waals surface area contributed by atoms with E-state index in [4.69, 9.17) is 17.0 Å². The van der Waals surface area contributed by atoms with Gasteiger partial charge in [0, 0.05) is 16.1 Å². The van der Waals surface area contributed by atoms with E-state index in [0.717, 1.165) is 10.0 Å². The van der Waals surface area contributed by atoms with E-state index in [9.17, 15) is 9.59 Å². The minimum Gasteiger partial charge on any atom is -0.465 e. The molecule has 0 saturated carbocycles. The summed E-state index contributed by atoms with van der Waals surface area (Å²) in [6.45, 7) is 5.95. The lowest BCUT2D eigenvalue weighted by Gasteiger charge is -2.33. The molecule has 1 aliphatic heterocycles. The molecule has 1 aromatic heterocycles. The number of esters is 1. The van der Waals surface area contributed by atoms with E-state index in [-0.39, 0.29) is 16.9 Å². The highest BCUT2D eigenvalue weighted by atomic mass is 79.9. The third kappa shape index (κ3) is 3.32. The minimum atomic E-state index is -0.723. The van der Waals surface area contributed by atoms with E-state index < -0.39 is 17.8 Å². The van der Waals surface area contributed by atoms with Crippen LogP contribution in [0.2, 0.25) is 0 Å². The Labute approximate surface area is 157 Å². The van der Waals surface area contributed by atoms with Crippen molar-refractivity contribution in [2.75, 3.05) is 11.9 Å². The van der Waals surface area contributed by atoms with Crippen LogP contribution >= 0.6 is 28.1 Å². The average molecular weight is 422 g/mol. The molecule has 2 heterocycles. The topological polar surface area (TPSA) is 87.0 Å². The van der Waals surface area contributed by atoms with Crippen LogP contribution in [-0.2, 0) is 9.53 Å². The second-order valence-electron chi connectivity index (χ2n) is 5.61. The molecule has 2 atom stereocenters. The summed E-state index contributed by atoms with van der Waals surface area (Å²) in [6.07, 6.45) is 0. The summed E-state index contributed by atoms with van der Waals surface area (Å²) in [5.41, 5.74) is 1.32. The lowest BCUT2D eigenvalue weighted by atomic mass is 9.77. The van der Waals surface area contributed by atoms with Gasteiger partial charge >= 0.3 is 5.97 Å². The number of hydrogen-bond acceptors (Lipinski definition) is 5. The van der Waals surface area contributed by atoms with Gasteiger partial charge in [-0.15, -0.1) is 0 Å². The number of benzene rings is 1. The van der Waals surface area contributed by atoms with Gasteiger partial charge in [0.1, 0.15) is 11.7 Å². The minimum absolute atomic E-state index is 0.202. The predicted octanol–water partition coefficient (Wildman–Crippen LogP) is 3.45. The standard InChI is InChI=1S/C17H16BrN3O3S/c1-3-24-16(23)11-8(2)19-14-13(15(22)21-17(25)20-14)12(11)9-4-6-10(18)7-5-9/h4-7,11-12H,2-3H2,1H3,(H3,19,20,21,22,25)/t11-,12+/m0/s1. The van der Waals surface area contributed by atoms with Gasteiger partial charge < -0.3 is 15.0 Å². The van der Waals surface area contributed by atoms with Crippen LogP contribution in [0.5, 0.6) is 0 Å². The van der Waals surface area contributed by atoms with Crippen molar-refractivity contribution in [2.45, 2.75) is 12.8 Å². The Morgan fingerprint density at radius 3 is 2.64 bits per heavy atom. The third-order valence-corrected chi connectivity index (χ3v) is 4.79. The van der Waals surface area contributed by atoms with Gasteiger partial charge in [0.25, 0.3) is 5.56 Å². The maximum atomic E-state index is 12.6. The Kier molecular flexibility index (Phi) is 4.91. The zero-order chi connectivity index (χ0) is 18.1. The lowest BCUT2D eigenvalue weighted by molar-refractivity contribution is -0.147. The van der Waals surface area contributed by atoms with Gasteiger partial charge in [-0.05, 0) is 36.8 Å². The highest BCUT2D eigenvalue weighted by Crippen LogP contribution is 2.42. The normalized spacial score (nSPS) is 19.0. The second-order valence-corrected chi connectivity index (χ2v) is 6.93. The molecule has 3 rings (SSSR count). The summed E-state index contributed by atoms with van der Waals surface area (Å²) < 4.78 is 6.32. The first kappa shape index (κ1) is 17.6. The monoisotopic (exact) mass is 421 g/mol. The molecule has 0 unspecified atom stereocenters. The quantitative estimate of drug-likeness (QED) is 0.521. The number of aromatic amines is 2. The van der Waals surface area contributed by atoms with E-state index >= 15 is 0 Å². The number of H-pyrrole nitrogens is 2.